The zero-order valence-corrected chi connectivity index (χ0v) is 14.7. The van der Waals surface area contributed by atoms with E-state index < -0.39 is 23.8 Å². The van der Waals surface area contributed by atoms with Crippen LogP contribution in [-0.4, -0.2) is 40.5 Å². The van der Waals surface area contributed by atoms with Crippen LogP contribution in [0.4, 0.5) is 23.8 Å². The van der Waals surface area contributed by atoms with Crippen LogP contribution in [-0.2, 0) is 11.0 Å². The molecule has 9 heteroatoms. The summed E-state index contributed by atoms with van der Waals surface area (Å²) in [6.45, 7) is 0.599. The third kappa shape index (κ3) is 3.86. The largest absolute Gasteiger partial charge is 0.416 e. The molecular formula is C18H21F3N4O2. The molecule has 3 amide bonds. The first-order chi connectivity index (χ1) is 12.8. The molecule has 1 aliphatic heterocycles. The molecule has 1 atom stereocenters. The van der Waals surface area contributed by atoms with Gasteiger partial charge in [0.05, 0.1) is 5.56 Å². The number of nitrogens with zero attached hydrogens (tertiary/aromatic N) is 2. The first-order valence-corrected chi connectivity index (χ1v) is 9.28. The maximum Gasteiger partial charge on any atom is 0.416 e. The minimum Gasteiger partial charge on any atom is -0.338 e. The monoisotopic (exact) mass is 382 g/mol. The summed E-state index contributed by atoms with van der Waals surface area (Å²) in [6.07, 6.45) is 0.681. The van der Waals surface area contributed by atoms with Gasteiger partial charge in [0.25, 0.3) is 0 Å². The third-order valence-corrected chi connectivity index (χ3v) is 5.47. The summed E-state index contributed by atoms with van der Waals surface area (Å²) >= 11 is 0. The van der Waals surface area contributed by atoms with Gasteiger partial charge < -0.3 is 10.2 Å². The van der Waals surface area contributed by atoms with Crippen LogP contribution in [0.1, 0.15) is 55.7 Å². The van der Waals surface area contributed by atoms with Gasteiger partial charge in [-0.05, 0) is 50.7 Å². The van der Waals surface area contributed by atoms with Crippen molar-refractivity contribution in [2.45, 2.75) is 62.7 Å². The summed E-state index contributed by atoms with van der Waals surface area (Å²) in [6, 6.07) is 0.774. The molecule has 27 heavy (non-hydrogen) atoms. The van der Waals surface area contributed by atoms with Gasteiger partial charge in [-0.15, -0.1) is 0 Å². The number of urea groups is 1. The second kappa shape index (κ2) is 6.69. The van der Waals surface area contributed by atoms with Crippen LogP contribution in [0.15, 0.2) is 12.1 Å². The lowest BCUT2D eigenvalue weighted by Gasteiger charge is -2.34. The Labute approximate surface area is 154 Å². The number of carbonyl (C=O) groups is 2. The quantitative estimate of drug-likeness (QED) is 0.840. The van der Waals surface area contributed by atoms with Gasteiger partial charge in [0.2, 0.25) is 5.91 Å². The van der Waals surface area contributed by atoms with Crippen molar-refractivity contribution >= 4 is 17.8 Å². The van der Waals surface area contributed by atoms with E-state index >= 15 is 0 Å². The normalized spacial score (nSPS) is 23.3. The van der Waals surface area contributed by atoms with E-state index in [4.69, 9.17) is 0 Å². The zero-order chi connectivity index (χ0) is 19.2. The van der Waals surface area contributed by atoms with Crippen LogP contribution in [0.2, 0.25) is 0 Å². The fourth-order valence-corrected chi connectivity index (χ4v) is 3.58. The number of aromatic nitrogens is 1. The minimum absolute atomic E-state index is 0.0170. The Kier molecular flexibility index (Phi) is 4.47. The molecule has 2 saturated carbocycles. The second-order valence-electron chi connectivity index (χ2n) is 7.49. The summed E-state index contributed by atoms with van der Waals surface area (Å²) in [5.74, 6) is -0.251. The molecule has 6 nitrogen and oxygen atoms in total. The lowest BCUT2D eigenvalue weighted by atomic mass is 9.92. The Bertz CT molecular complexity index is 759. The molecule has 2 N–H and O–H groups in total. The molecular weight excluding hydrogens is 361 g/mol. The fraction of sp³-hybridized carbons (Fsp3) is 0.611. The van der Waals surface area contributed by atoms with E-state index in [-0.39, 0.29) is 23.7 Å². The van der Waals surface area contributed by atoms with Gasteiger partial charge in [0.15, 0.2) is 0 Å². The molecule has 2 heterocycles. The van der Waals surface area contributed by atoms with Crippen molar-refractivity contribution in [2.24, 2.45) is 0 Å². The summed E-state index contributed by atoms with van der Waals surface area (Å²) in [7, 11) is 0. The molecule has 0 aromatic carbocycles. The van der Waals surface area contributed by atoms with E-state index in [1.165, 1.54) is 0 Å². The molecule has 1 aromatic heterocycles. The molecule has 146 valence electrons. The number of carbonyl (C=O) groups excluding carboxylic acids is 2. The highest BCUT2D eigenvalue weighted by molar-refractivity contribution is 5.94. The average molecular weight is 382 g/mol. The SMILES string of the molecule is O=C(Nc1cc(C(F)(F)F)cc(C2CC2)n1)N[C@H]1CCN(C2CCC2)C1=O. The first-order valence-electron chi connectivity index (χ1n) is 9.28. The number of pyridine rings is 1. The number of hydrogen-bond donors (Lipinski definition) is 2. The van der Waals surface area contributed by atoms with Crippen LogP contribution >= 0.6 is 0 Å². The van der Waals surface area contributed by atoms with Crippen molar-refractivity contribution in [1.29, 1.82) is 0 Å². The lowest BCUT2D eigenvalue weighted by Crippen LogP contribution is -2.47. The van der Waals surface area contributed by atoms with Gasteiger partial charge in [-0.3, -0.25) is 10.1 Å². The van der Waals surface area contributed by atoms with Gasteiger partial charge in [0, 0.05) is 24.2 Å². The van der Waals surface area contributed by atoms with E-state index in [0.717, 1.165) is 44.2 Å². The summed E-state index contributed by atoms with van der Waals surface area (Å²) in [4.78, 5) is 30.5. The first kappa shape index (κ1) is 18.1. The molecule has 4 rings (SSSR count). The lowest BCUT2D eigenvalue weighted by molar-refractivity contribution is -0.137. The smallest absolute Gasteiger partial charge is 0.338 e. The van der Waals surface area contributed by atoms with Crippen LogP contribution in [0.5, 0.6) is 0 Å². The van der Waals surface area contributed by atoms with Gasteiger partial charge in [-0.25, -0.2) is 9.78 Å². The molecule has 0 spiro atoms. The van der Waals surface area contributed by atoms with E-state index in [1.807, 2.05) is 0 Å². The van der Waals surface area contributed by atoms with Gasteiger partial charge >= 0.3 is 12.2 Å². The van der Waals surface area contributed by atoms with Crippen LogP contribution in [0.25, 0.3) is 0 Å². The maximum absolute atomic E-state index is 13.1. The molecule has 1 aromatic rings. The zero-order valence-electron chi connectivity index (χ0n) is 14.7. The van der Waals surface area contributed by atoms with E-state index in [2.05, 4.69) is 15.6 Å². The Balaban J connectivity index is 1.42. The molecule has 0 radical (unpaired) electrons. The topological polar surface area (TPSA) is 74.3 Å². The molecule has 2 aliphatic carbocycles. The average Bonchev–Trinajstić information content (AvgIpc) is 3.33. The third-order valence-electron chi connectivity index (χ3n) is 5.47. The van der Waals surface area contributed by atoms with Crippen LogP contribution in [0.3, 0.4) is 0 Å². The molecule has 1 saturated heterocycles. The van der Waals surface area contributed by atoms with Crippen molar-refractivity contribution < 1.29 is 22.8 Å². The van der Waals surface area contributed by atoms with Gasteiger partial charge in [-0.2, -0.15) is 13.2 Å². The standard InChI is InChI=1S/C18H21F3N4O2/c19-18(20,21)11-8-14(10-4-5-10)22-15(9-11)24-17(27)23-13-6-7-25(16(13)26)12-2-1-3-12/h8-10,12-13H,1-7H2,(H2,22,23,24,27)/t13-/m0/s1. The van der Waals surface area contributed by atoms with Crippen LogP contribution in [0, 0.1) is 0 Å². The van der Waals surface area contributed by atoms with Crippen molar-refractivity contribution in [2.75, 3.05) is 11.9 Å². The number of anilines is 1. The summed E-state index contributed by atoms with van der Waals surface area (Å²) in [5, 5.41) is 4.94. The highest BCUT2D eigenvalue weighted by Crippen LogP contribution is 2.41. The molecule has 3 fully saturated rings. The van der Waals surface area contributed by atoms with E-state index in [9.17, 15) is 22.8 Å². The van der Waals surface area contributed by atoms with E-state index in [1.54, 1.807) is 4.90 Å². The number of halogens is 3. The number of likely N-dealkylation sites (tertiary alicyclic amines) is 1. The molecule has 0 bridgehead atoms. The molecule has 3 aliphatic rings. The predicted octanol–water partition coefficient (Wildman–Crippen LogP) is 3.25. The Morgan fingerprint density at radius 3 is 2.48 bits per heavy atom. The predicted molar refractivity (Wildman–Crippen MR) is 91.1 cm³/mol. The van der Waals surface area contributed by atoms with Gasteiger partial charge in [0.1, 0.15) is 11.9 Å². The van der Waals surface area contributed by atoms with Crippen LogP contribution < -0.4 is 10.6 Å². The minimum atomic E-state index is -4.51. The molecule has 0 unspecified atom stereocenters. The van der Waals surface area contributed by atoms with Crippen molar-refractivity contribution in [3.63, 3.8) is 0 Å². The van der Waals surface area contributed by atoms with Crippen molar-refractivity contribution in [1.82, 2.24) is 15.2 Å². The number of hydrogen-bond acceptors (Lipinski definition) is 3. The summed E-state index contributed by atoms with van der Waals surface area (Å²) < 4.78 is 39.3. The van der Waals surface area contributed by atoms with Crippen molar-refractivity contribution in [3.05, 3.63) is 23.4 Å². The Hall–Kier alpha value is -2.32. The highest BCUT2D eigenvalue weighted by atomic mass is 19.4. The Morgan fingerprint density at radius 1 is 1.15 bits per heavy atom. The Morgan fingerprint density at radius 2 is 1.89 bits per heavy atom. The van der Waals surface area contributed by atoms with E-state index in [0.29, 0.717) is 18.7 Å². The number of alkyl halides is 3. The second-order valence-corrected chi connectivity index (χ2v) is 7.49. The fourth-order valence-electron chi connectivity index (χ4n) is 3.58. The summed E-state index contributed by atoms with van der Waals surface area (Å²) in [5.41, 5.74) is -0.490. The number of amides is 3. The number of rotatable bonds is 4. The number of nitrogens with one attached hydrogen (secondary N) is 2. The van der Waals surface area contributed by atoms with Crippen molar-refractivity contribution in [3.8, 4) is 0 Å². The maximum atomic E-state index is 13.1. The highest BCUT2D eigenvalue weighted by Gasteiger charge is 2.39. The van der Waals surface area contributed by atoms with Gasteiger partial charge in [-0.1, -0.05) is 0 Å².